The second-order valence-electron chi connectivity index (χ2n) is 7.83. The predicted molar refractivity (Wildman–Crippen MR) is 122 cm³/mol. The van der Waals surface area contributed by atoms with Gasteiger partial charge in [-0.1, -0.05) is 30.3 Å². The first-order chi connectivity index (χ1) is 17.1. The molecule has 0 spiro atoms. The number of aliphatic carboxylic acids is 1. The number of ketones is 1. The Kier molecular flexibility index (Phi) is 6.52. The minimum atomic E-state index is -4.58. The maximum atomic E-state index is 13.4. The molecule has 0 saturated carbocycles. The first-order valence-electron chi connectivity index (χ1n) is 10.6. The molecule has 1 aliphatic heterocycles. The molecular weight excluding hydrogens is 479 g/mol. The third kappa shape index (κ3) is 4.78. The van der Waals surface area contributed by atoms with Crippen molar-refractivity contribution in [2.45, 2.75) is 12.2 Å². The molecule has 4 rings (SSSR count). The highest BCUT2D eigenvalue weighted by molar-refractivity contribution is 6.20. The molecule has 2 N–H and O–H groups in total. The number of halogens is 3. The lowest BCUT2D eigenvalue weighted by Crippen LogP contribution is -2.31. The first kappa shape index (κ1) is 24.5. The van der Waals surface area contributed by atoms with E-state index in [-0.39, 0.29) is 22.6 Å². The van der Waals surface area contributed by atoms with Crippen LogP contribution in [-0.4, -0.2) is 34.5 Å². The van der Waals surface area contributed by atoms with Gasteiger partial charge in [0.2, 0.25) is 0 Å². The summed E-state index contributed by atoms with van der Waals surface area (Å²) in [4.78, 5) is 38.3. The van der Waals surface area contributed by atoms with Gasteiger partial charge in [0, 0.05) is 11.3 Å². The smallest absolute Gasteiger partial charge is 0.416 e. The van der Waals surface area contributed by atoms with Gasteiger partial charge in [0.1, 0.15) is 5.75 Å². The van der Waals surface area contributed by atoms with E-state index in [1.165, 1.54) is 24.3 Å². The van der Waals surface area contributed by atoms with Gasteiger partial charge >= 0.3 is 12.1 Å². The van der Waals surface area contributed by atoms with E-state index in [2.05, 4.69) is 0 Å². The summed E-state index contributed by atoms with van der Waals surface area (Å²) in [6, 6.07) is 16.5. The molecule has 0 aromatic heterocycles. The van der Waals surface area contributed by atoms with E-state index in [4.69, 9.17) is 9.84 Å². The third-order valence-corrected chi connectivity index (χ3v) is 5.52. The Bertz CT molecular complexity index is 1330. The fourth-order valence-corrected chi connectivity index (χ4v) is 3.87. The van der Waals surface area contributed by atoms with Crippen molar-refractivity contribution in [3.63, 3.8) is 0 Å². The lowest BCUT2D eigenvalue weighted by molar-refractivity contribution is -0.139. The highest BCUT2D eigenvalue weighted by Crippen LogP contribution is 2.42. The number of aliphatic hydroxyl groups is 1. The van der Waals surface area contributed by atoms with Crippen molar-refractivity contribution >= 4 is 23.3 Å². The number of hydrogen-bond acceptors (Lipinski definition) is 5. The summed E-state index contributed by atoms with van der Waals surface area (Å²) >= 11 is 0. The van der Waals surface area contributed by atoms with Crippen LogP contribution >= 0.6 is 0 Å². The van der Waals surface area contributed by atoms with Gasteiger partial charge in [0.15, 0.2) is 18.1 Å². The van der Waals surface area contributed by atoms with Crippen molar-refractivity contribution in [3.8, 4) is 5.75 Å². The van der Waals surface area contributed by atoms with Gasteiger partial charge in [-0.3, -0.25) is 14.5 Å². The summed E-state index contributed by atoms with van der Waals surface area (Å²) in [5, 5.41) is 19.5. The van der Waals surface area contributed by atoms with Gasteiger partial charge < -0.3 is 14.9 Å². The highest BCUT2D eigenvalue weighted by atomic mass is 19.4. The highest BCUT2D eigenvalue weighted by Gasteiger charge is 2.44. The fraction of sp³-hybridized carbons (Fsp3) is 0.115. The lowest BCUT2D eigenvalue weighted by atomic mass is 9.92. The van der Waals surface area contributed by atoms with Crippen LogP contribution < -0.4 is 9.64 Å². The maximum absolute atomic E-state index is 13.4. The molecule has 3 aromatic carbocycles. The van der Waals surface area contributed by atoms with E-state index in [0.29, 0.717) is 5.56 Å². The summed E-state index contributed by atoms with van der Waals surface area (Å²) in [6.07, 6.45) is -4.58. The summed E-state index contributed by atoms with van der Waals surface area (Å²) in [7, 11) is 0. The molecule has 1 aliphatic rings. The van der Waals surface area contributed by atoms with Crippen LogP contribution in [0.25, 0.3) is 0 Å². The number of Topliss-reactive ketones (excluding diaryl/α,β-unsaturated/α-hetero) is 1. The van der Waals surface area contributed by atoms with E-state index < -0.39 is 47.8 Å². The molecule has 0 saturated heterocycles. The molecule has 0 aliphatic carbocycles. The zero-order valence-corrected chi connectivity index (χ0v) is 18.4. The number of carboxylic acids is 1. The van der Waals surface area contributed by atoms with Crippen LogP contribution in [0.4, 0.5) is 18.9 Å². The number of aliphatic hydroxyl groups excluding tert-OH is 1. The first-order valence-corrected chi connectivity index (χ1v) is 10.6. The normalized spacial score (nSPS) is 15.8. The molecule has 1 amide bonds. The number of amides is 1. The second kappa shape index (κ2) is 9.57. The summed E-state index contributed by atoms with van der Waals surface area (Å²) in [6.45, 7) is -0.577. The fourth-order valence-electron chi connectivity index (χ4n) is 3.87. The Labute approximate surface area is 202 Å². The second-order valence-corrected chi connectivity index (χ2v) is 7.83. The number of anilines is 1. The van der Waals surface area contributed by atoms with Gasteiger partial charge in [0.25, 0.3) is 5.91 Å². The Balaban J connectivity index is 1.73. The van der Waals surface area contributed by atoms with Gasteiger partial charge in [0.05, 0.1) is 17.2 Å². The quantitative estimate of drug-likeness (QED) is 0.448. The number of carbonyl (C=O) groups is 3. The molecule has 0 radical (unpaired) electrons. The number of nitrogens with zero attached hydrogens (tertiary/aromatic N) is 1. The minimum absolute atomic E-state index is 0.0635. The van der Waals surface area contributed by atoms with Crippen LogP contribution in [0.3, 0.4) is 0 Å². The number of rotatable bonds is 7. The third-order valence-electron chi connectivity index (χ3n) is 5.52. The summed E-state index contributed by atoms with van der Waals surface area (Å²) < 4.78 is 44.2. The number of carbonyl (C=O) groups excluding carboxylic acids is 2. The average Bonchev–Trinajstić information content (AvgIpc) is 3.13. The largest absolute Gasteiger partial charge is 0.503 e. The van der Waals surface area contributed by atoms with E-state index >= 15 is 0 Å². The topological polar surface area (TPSA) is 104 Å². The molecule has 1 heterocycles. The molecule has 36 heavy (non-hydrogen) atoms. The Morgan fingerprint density at radius 2 is 1.53 bits per heavy atom. The van der Waals surface area contributed by atoms with Gasteiger partial charge in [-0.15, -0.1) is 0 Å². The standard InChI is InChI=1S/C26H18F3NO6/c27-26(28,29)17-8-10-18(11-9-17)30-22(15-4-2-1-3-5-15)21(24(34)25(30)35)23(33)16-6-12-19(13-7-16)36-14-20(31)32/h1-13,22,34H,14H2,(H,31,32). The average molecular weight is 497 g/mol. The number of alkyl halides is 3. The van der Waals surface area contributed by atoms with Crippen molar-refractivity contribution in [2.75, 3.05) is 11.5 Å². The molecular formula is C26H18F3NO6. The van der Waals surface area contributed by atoms with Crippen LogP contribution in [0.1, 0.15) is 27.5 Å². The van der Waals surface area contributed by atoms with Crippen LogP contribution in [0.5, 0.6) is 5.75 Å². The maximum Gasteiger partial charge on any atom is 0.416 e. The van der Waals surface area contributed by atoms with E-state index in [9.17, 15) is 32.7 Å². The Hall–Kier alpha value is -4.60. The number of benzene rings is 3. The minimum Gasteiger partial charge on any atom is -0.503 e. The van der Waals surface area contributed by atoms with Crippen LogP contribution in [-0.2, 0) is 15.8 Å². The van der Waals surface area contributed by atoms with Crippen molar-refractivity contribution < 1.29 is 42.5 Å². The van der Waals surface area contributed by atoms with Gasteiger partial charge in [-0.25, -0.2) is 4.79 Å². The molecule has 1 unspecified atom stereocenters. The number of hydrogen-bond donors (Lipinski definition) is 2. The van der Waals surface area contributed by atoms with Crippen molar-refractivity contribution in [3.05, 3.63) is 107 Å². The number of carboxylic acid groups (broad SMARTS) is 1. The molecule has 184 valence electrons. The summed E-state index contributed by atoms with van der Waals surface area (Å²) in [5.74, 6) is -3.42. The molecule has 0 fully saturated rings. The zero-order valence-electron chi connectivity index (χ0n) is 18.4. The molecule has 10 heteroatoms. The lowest BCUT2D eigenvalue weighted by Gasteiger charge is -2.27. The molecule has 1 atom stereocenters. The Morgan fingerprint density at radius 1 is 0.917 bits per heavy atom. The van der Waals surface area contributed by atoms with E-state index in [1.54, 1.807) is 30.3 Å². The van der Waals surface area contributed by atoms with Gasteiger partial charge in [-0.05, 0) is 54.1 Å². The predicted octanol–water partition coefficient (Wildman–Crippen LogP) is 4.95. The summed E-state index contributed by atoms with van der Waals surface area (Å²) in [5.41, 5.74) is -0.548. The molecule has 3 aromatic rings. The van der Waals surface area contributed by atoms with Gasteiger partial charge in [-0.2, -0.15) is 13.2 Å². The SMILES string of the molecule is O=C(O)COc1ccc(C(=O)C2=C(O)C(=O)N(c3ccc(C(F)(F)F)cc3)C2c2ccccc2)cc1. The molecule has 0 bridgehead atoms. The monoisotopic (exact) mass is 497 g/mol. The van der Waals surface area contributed by atoms with E-state index in [0.717, 1.165) is 29.2 Å². The number of ether oxygens (including phenoxy) is 1. The van der Waals surface area contributed by atoms with Crippen LogP contribution in [0, 0.1) is 0 Å². The van der Waals surface area contributed by atoms with Crippen LogP contribution in [0.2, 0.25) is 0 Å². The van der Waals surface area contributed by atoms with Crippen molar-refractivity contribution in [1.29, 1.82) is 0 Å². The van der Waals surface area contributed by atoms with E-state index in [1.807, 2.05) is 0 Å². The van der Waals surface area contributed by atoms with Crippen molar-refractivity contribution in [1.82, 2.24) is 0 Å². The molecule has 7 nitrogen and oxygen atoms in total. The zero-order chi connectivity index (χ0) is 26.0. The van der Waals surface area contributed by atoms with Crippen molar-refractivity contribution in [2.24, 2.45) is 0 Å². The van der Waals surface area contributed by atoms with Crippen LogP contribution in [0.15, 0.2) is 90.2 Å². The Morgan fingerprint density at radius 3 is 2.08 bits per heavy atom.